The van der Waals surface area contributed by atoms with Gasteiger partial charge in [0.2, 0.25) is 0 Å². The van der Waals surface area contributed by atoms with Crippen LogP contribution in [0.3, 0.4) is 0 Å². The second kappa shape index (κ2) is 15.6. The molecule has 0 aliphatic carbocycles. The molecule has 0 heterocycles. The Morgan fingerprint density at radius 2 is 0.867 bits per heavy atom. The van der Waals surface area contributed by atoms with E-state index in [1.165, 1.54) is 0 Å². The zero-order valence-corrected chi connectivity index (χ0v) is 22.6. The third kappa shape index (κ3) is 8.37. The number of rotatable bonds is 7. The second-order valence-corrected chi connectivity index (χ2v) is 7.95. The molecule has 2 nitrogen and oxygen atoms in total. The highest BCUT2D eigenvalue weighted by atomic mass is 35.5. The van der Waals surface area contributed by atoms with Crippen LogP contribution in [0.1, 0.15) is 51.7 Å². The fraction of sp³-hybridized carbons (Fsp3) is 0.455. The molecule has 0 radical (unpaired) electrons. The van der Waals surface area contributed by atoms with E-state index in [1.807, 2.05) is 41.5 Å². The van der Waals surface area contributed by atoms with Crippen LogP contribution >= 0.6 is 69.6 Å². The fourth-order valence-electron chi connectivity index (χ4n) is 2.20. The van der Waals surface area contributed by atoms with Crippen LogP contribution in [-0.2, 0) is 0 Å². The van der Waals surface area contributed by atoms with E-state index in [9.17, 15) is 0 Å². The molecule has 0 spiro atoms. The molecule has 0 N–H and O–H groups in total. The zero-order chi connectivity index (χ0) is 23.4. The molecule has 0 atom stereocenters. The summed E-state index contributed by atoms with van der Waals surface area (Å²) in [5.41, 5.74) is 1.52. The molecule has 2 rings (SSSR count). The summed E-state index contributed by atoms with van der Waals surface area (Å²) in [6.45, 7) is 12.7. The Balaban J connectivity index is 0.00000198. The standard InChI is InChI=1S/C18H16Cl6O2.2C2H6/c1-9-13(7-11(19)17(23)15(9)21)25-5-3-4-6-26-14-8-12(20)18(24)16(22)10(14)2;2*1-2/h7-8H,3-6H2,1-2H3;2*1-2H3. The van der Waals surface area contributed by atoms with E-state index in [0.717, 1.165) is 24.0 Å². The molecule has 2 aromatic rings. The Hall–Kier alpha value is -0.220. The van der Waals surface area contributed by atoms with Crippen molar-refractivity contribution >= 4 is 69.6 Å². The largest absolute Gasteiger partial charge is 0.493 e. The van der Waals surface area contributed by atoms with Crippen molar-refractivity contribution in [3.05, 3.63) is 53.4 Å². The smallest absolute Gasteiger partial charge is 0.125 e. The van der Waals surface area contributed by atoms with E-state index in [4.69, 9.17) is 79.1 Å². The van der Waals surface area contributed by atoms with Gasteiger partial charge in [0.1, 0.15) is 11.5 Å². The molecular formula is C22H28Cl6O2. The number of hydrogen-bond acceptors (Lipinski definition) is 2. The number of ether oxygens (including phenoxy) is 2. The van der Waals surface area contributed by atoms with Gasteiger partial charge in [-0.05, 0) is 26.7 Å². The summed E-state index contributed by atoms with van der Waals surface area (Å²) in [5.74, 6) is 1.25. The summed E-state index contributed by atoms with van der Waals surface area (Å²) in [6.07, 6.45) is 1.57. The molecule has 0 saturated heterocycles. The van der Waals surface area contributed by atoms with Crippen molar-refractivity contribution in [3.8, 4) is 11.5 Å². The van der Waals surface area contributed by atoms with Crippen molar-refractivity contribution in [2.45, 2.75) is 54.4 Å². The first-order valence-corrected chi connectivity index (χ1v) is 12.0. The van der Waals surface area contributed by atoms with Gasteiger partial charge < -0.3 is 9.47 Å². The second-order valence-electron chi connectivity index (χ2n) is 5.62. The van der Waals surface area contributed by atoms with Crippen LogP contribution in [0, 0.1) is 13.8 Å². The molecule has 0 bridgehead atoms. The van der Waals surface area contributed by atoms with Gasteiger partial charge >= 0.3 is 0 Å². The monoisotopic (exact) mass is 534 g/mol. The third-order valence-corrected chi connectivity index (χ3v) is 6.49. The lowest BCUT2D eigenvalue weighted by Crippen LogP contribution is -2.04. The average molecular weight is 537 g/mol. The molecule has 2 aromatic carbocycles. The van der Waals surface area contributed by atoms with Crippen molar-refractivity contribution in [2.24, 2.45) is 0 Å². The maximum absolute atomic E-state index is 6.12. The lowest BCUT2D eigenvalue weighted by atomic mass is 10.2. The van der Waals surface area contributed by atoms with Crippen molar-refractivity contribution in [2.75, 3.05) is 13.2 Å². The first-order valence-electron chi connectivity index (χ1n) is 9.77. The maximum Gasteiger partial charge on any atom is 0.125 e. The highest BCUT2D eigenvalue weighted by molar-refractivity contribution is 6.49. The molecule has 0 aliphatic heterocycles. The third-order valence-electron chi connectivity index (χ3n) is 3.77. The van der Waals surface area contributed by atoms with E-state index in [0.29, 0.717) is 54.8 Å². The van der Waals surface area contributed by atoms with Gasteiger partial charge in [0, 0.05) is 23.3 Å². The van der Waals surface area contributed by atoms with E-state index in [2.05, 4.69) is 0 Å². The summed E-state index contributed by atoms with van der Waals surface area (Å²) in [5, 5.41) is 2.22. The van der Waals surface area contributed by atoms with Crippen molar-refractivity contribution in [3.63, 3.8) is 0 Å². The number of halogens is 6. The molecule has 0 unspecified atom stereocenters. The van der Waals surface area contributed by atoms with Crippen molar-refractivity contribution in [1.82, 2.24) is 0 Å². The van der Waals surface area contributed by atoms with Crippen LogP contribution in [0.15, 0.2) is 12.1 Å². The summed E-state index contributed by atoms with van der Waals surface area (Å²) in [6, 6.07) is 3.34. The molecule has 0 saturated carbocycles. The average Bonchev–Trinajstić information content (AvgIpc) is 2.77. The van der Waals surface area contributed by atoms with Gasteiger partial charge in [-0.25, -0.2) is 0 Å². The van der Waals surface area contributed by atoms with Gasteiger partial charge in [0.05, 0.1) is 43.3 Å². The van der Waals surface area contributed by atoms with Crippen LogP contribution in [-0.4, -0.2) is 13.2 Å². The Labute approximate surface area is 210 Å². The lowest BCUT2D eigenvalue weighted by molar-refractivity contribution is 0.265. The number of hydrogen-bond donors (Lipinski definition) is 0. The Morgan fingerprint density at radius 1 is 0.567 bits per heavy atom. The summed E-state index contributed by atoms with van der Waals surface area (Å²) < 4.78 is 11.5. The number of unbranched alkanes of at least 4 members (excludes halogenated alkanes) is 1. The zero-order valence-electron chi connectivity index (χ0n) is 18.1. The molecule has 0 fully saturated rings. The normalized spacial score (nSPS) is 9.87. The van der Waals surface area contributed by atoms with Crippen LogP contribution in [0.4, 0.5) is 0 Å². The summed E-state index contributed by atoms with van der Waals surface area (Å²) in [7, 11) is 0. The van der Waals surface area contributed by atoms with E-state index < -0.39 is 0 Å². The minimum atomic E-state index is 0.335. The topological polar surface area (TPSA) is 18.5 Å². The van der Waals surface area contributed by atoms with Crippen LogP contribution in [0.2, 0.25) is 30.1 Å². The Morgan fingerprint density at radius 3 is 1.17 bits per heavy atom. The minimum Gasteiger partial charge on any atom is -0.493 e. The predicted molar refractivity (Wildman–Crippen MR) is 135 cm³/mol. The molecule has 0 aromatic heterocycles. The van der Waals surface area contributed by atoms with Crippen LogP contribution in [0.25, 0.3) is 0 Å². The molecule has 8 heteroatoms. The summed E-state index contributed by atoms with van der Waals surface area (Å²) in [4.78, 5) is 0. The van der Waals surface area contributed by atoms with E-state index >= 15 is 0 Å². The summed E-state index contributed by atoms with van der Waals surface area (Å²) >= 11 is 36.3. The van der Waals surface area contributed by atoms with Gasteiger partial charge in [-0.1, -0.05) is 97.3 Å². The minimum absolute atomic E-state index is 0.335. The Bertz CT molecular complexity index is 742. The van der Waals surface area contributed by atoms with Gasteiger partial charge in [-0.15, -0.1) is 0 Å². The maximum atomic E-state index is 6.12. The van der Waals surface area contributed by atoms with Crippen LogP contribution < -0.4 is 9.47 Å². The SMILES string of the molecule is CC.CC.Cc1c(OCCCCOc2cc(Cl)c(Cl)c(Cl)c2C)cc(Cl)c(Cl)c1Cl. The first-order chi connectivity index (χ1) is 14.2. The molecule has 0 amide bonds. The van der Waals surface area contributed by atoms with Crippen LogP contribution in [0.5, 0.6) is 11.5 Å². The molecular weight excluding hydrogens is 509 g/mol. The lowest BCUT2D eigenvalue weighted by Gasteiger charge is -2.14. The van der Waals surface area contributed by atoms with Crippen molar-refractivity contribution < 1.29 is 9.47 Å². The van der Waals surface area contributed by atoms with E-state index in [1.54, 1.807) is 12.1 Å². The van der Waals surface area contributed by atoms with Gasteiger partial charge in [-0.3, -0.25) is 0 Å². The molecule has 170 valence electrons. The predicted octanol–water partition coefficient (Wildman–Crippen LogP) is 10.5. The van der Waals surface area contributed by atoms with E-state index in [-0.39, 0.29) is 0 Å². The van der Waals surface area contributed by atoms with Gasteiger partial charge in [-0.2, -0.15) is 0 Å². The molecule has 0 aliphatic rings. The Kier molecular flexibility index (Phi) is 15.4. The van der Waals surface area contributed by atoms with Crippen molar-refractivity contribution in [1.29, 1.82) is 0 Å². The molecule has 30 heavy (non-hydrogen) atoms. The highest BCUT2D eigenvalue weighted by Gasteiger charge is 2.13. The van der Waals surface area contributed by atoms with Gasteiger partial charge in [0.15, 0.2) is 0 Å². The highest BCUT2D eigenvalue weighted by Crippen LogP contribution is 2.39. The quantitative estimate of drug-likeness (QED) is 0.259. The van der Waals surface area contributed by atoms with Gasteiger partial charge in [0.25, 0.3) is 0 Å². The first kappa shape index (κ1) is 29.8. The fourth-order valence-corrected chi connectivity index (χ4v) is 3.46. The number of benzene rings is 2.